The normalized spacial score (nSPS) is 16.5. The first-order valence-corrected chi connectivity index (χ1v) is 9.21. The van der Waals surface area contributed by atoms with Gasteiger partial charge in [-0.15, -0.1) is 0 Å². The molecular weight excluding hydrogens is 274 g/mol. The fourth-order valence-electron chi connectivity index (χ4n) is 3.25. The van der Waals surface area contributed by atoms with Crippen molar-refractivity contribution in [2.75, 3.05) is 0 Å². The third-order valence-corrected chi connectivity index (χ3v) is 5.65. The second kappa shape index (κ2) is 6.74. The molecule has 1 aliphatic rings. The van der Waals surface area contributed by atoms with Crippen molar-refractivity contribution in [2.24, 2.45) is 5.92 Å². The molecule has 1 heterocycles. The largest absolute Gasteiger partial charge is 0.262 e. The van der Waals surface area contributed by atoms with E-state index in [0.29, 0.717) is 0 Å². The van der Waals surface area contributed by atoms with Gasteiger partial charge in [0, 0.05) is 18.6 Å². The maximum absolute atomic E-state index is 2.52. The molecule has 0 amide bonds. The van der Waals surface area contributed by atoms with E-state index in [1.54, 1.807) is 0 Å². The third kappa shape index (κ3) is 3.37. The van der Waals surface area contributed by atoms with Crippen LogP contribution in [0.1, 0.15) is 56.0 Å². The Labute approximate surface area is 132 Å². The summed E-state index contributed by atoms with van der Waals surface area (Å²) in [5, 5.41) is 1.43. The minimum Gasteiger partial charge on any atom is -0.182 e. The van der Waals surface area contributed by atoms with Crippen LogP contribution in [0.2, 0.25) is 0 Å². The summed E-state index contributed by atoms with van der Waals surface area (Å²) in [5.74, 6) is 0.816. The Bertz CT molecular complexity index is 632. The first-order valence-electron chi connectivity index (χ1n) is 8.39. The molecule has 1 saturated carbocycles. The zero-order chi connectivity index (χ0) is 14.7. The maximum Gasteiger partial charge on any atom is 0.262 e. The van der Waals surface area contributed by atoms with Crippen LogP contribution in [0.25, 0.3) is 16.3 Å². The highest BCUT2D eigenvalue weighted by molar-refractivity contribution is 7.18. The summed E-state index contributed by atoms with van der Waals surface area (Å²) < 4.78 is 3.95. The number of hydrogen-bond acceptors (Lipinski definition) is 1. The summed E-state index contributed by atoms with van der Waals surface area (Å²) >= 11 is 1.95. The lowest BCUT2D eigenvalue weighted by Crippen LogP contribution is -2.34. The molecule has 21 heavy (non-hydrogen) atoms. The number of hydrogen-bond donors (Lipinski definition) is 0. The average molecular weight is 300 g/mol. The molecule has 112 valence electrons. The van der Waals surface area contributed by atoms with Gasteiger partial charge in [0.05, 0.1) is 0 Å². The number of unbranched alkanes of at least 4 members (excludes halogenated alkanes) is 1. The molecule has 3 rings (SSSR count). The highest BCUT2D eigenvalue weighted by atomic mass is 32.1. The van der Waals surface area contributed by atoms with E-state index in [-0.39, 0.29) is 0 Å². The van der Waals surface area contributed by atoms with Gasteiger partial charge in [-0.3, -0.25) is 0 Å². The number of benzene rings is 1. The molecule has 0 N–H and O–H groups in total. The molecule has 1 aromatic heterocycles. The van der Waals surface area contributed by atoms with Crippen molar-refractivity contribution in [3.8, 4) is 0 Å². The predicted octanol–water partition coefficient (Wildman–Crippen LogP) is 5.50. The number of nitrogens with zero attached hydrogens (tertiary/aromatic N) is 1. The third-order valence-electron chi connectivity index (χ3n) is 4.53. The Morgan fingerprint density at radius 3 is 2.86 bits per heavy atom. The van der Waals surface area contributed by atoms with Gasteiger partial charge in [-0.1, -0.05) is 49.7 Å². The van der Waals surface area contributed by atoms with Crippen molar-refractivity contribution in [2.45, 2.75) is 58.9 Å². The fraction of sp³-hybridized carbons (Fsp3) is 0.526. The van der Waals surface area contributed by atoms with Crippen LogP contribution in [0.5, 0.6) is 0 Å². The molecule has 1 fully saturated rings. The Morgan fingerprint density at radius 2 is 2.10 bits per heavy atom. The summed E-state index contributed by atoms with van der Waals surface area (Å²) in [4.78, 5) is 0. The number of fused-ring (bicyclic) bond motifs is 1. The minimum atomic E-state index is 0.816. The Morgan fingerprint density at radius 1 is 1.29 bits per heavy atom. The molecule has 1 nitrogen and oxygen atoms in total. The lowest BCUT2D eigenvalue weighted by molar-refractivity contribution is -0.669. The molecule has 1 aromatic carbocycles. The van der Waals surface area contributed by atoms with E-state index in [2.05, 4.69) is 48.8 Å². The SMILES string of the molecule is CCCC[n+]1c(C=CC2CCCC2)sc2cc(C)ccc21. The Hall–Kier alpha value is -1.15. The minimum absolute atomic E-state index is 0.816. The highest BCUT2D eigenvalue weighted by Crippen LogP contribution is 2.28. The lowest BCUT2D eigenvalue weighted by Gasteiger charge is -1.99. The smallest absolute Gasteiger partial charge is 0.182 e. The maximum atomic E-state index is 2.52. The second-order valence-corrected chi connectivity index (χ2v) is 7.38. The van der Waals surface area contributed by atoms with Crippen LogP contribution in [0, 0.1) is 12.8 Å². The molecule has 0 bridgehead atoms. The molecule has 0 spiro atoms. The van der Waals surface area contributed by atoms with Gasteiger partial charge in [-0.05, 0) is 37.3 Å². The number of aryl methyl sites for hydroxylation is 2. The average Bonchev–Trinajstić information content (AvgIpc) is 3.10. The summed E-state index contributed by atoms with van der Waals surface area (Å²) in [5.41, 5.74) is 2.77. The molecule has 1 aliphatic carbocycles. The van der Waals surface area contributed by atoms with E-state index in [1.165, 1.54) is 59.3 Å². The van der Waals surface area contributed by atoms with Crippen LogP contribution < -0.4 is 4.57 Å². The van der Waals surface area contributed by atoms with Gasteiger partial charge in [0.2, 0.25) is 5.52 Å². The number of thiazole rings is 1. The van der Waals surface area contributed by atoms with Crippen molar-refractivity contribution in [3.05, 3.63) is 34.8 Å². The van der Waals surface area contributed by atoms with Crippen molar-refractivity contribution < 1.29 is 4.57 Å². The van der Waals surface area contributed by atoms with Crippen LogP contribution in [-0.2, 0) is 6.54 Å². The van der Waals surface area contributed by atoms with Gasteiger partial charge in [0.25, 0.3) is 5.01 Å². The van der Waals surface area contributed by atoms with Crippen LogP contribution >= 0.6 is 11.3 Å². The molecule has 0 atom stereocenters. The predicted molar refractivity (Wildman–Crippen MR) is 92.7 cm³/mol. The molecular formula is C19H26NS+. The van der Waals surface area contributed by atoms with Crippen molar-refractivity contribution >= 4 is 27.6 Å². The Balaban J connectivity index is 1.94. The summed E-state index contributed by atoms with van der Waals surface area (Å²) in [6.45, 7) is 5.60. The second-order valence-electron chi connectivity index (χ2n) is 6.32. The topological polar surface area (TPSA) is 3.88 Å². The van der Waals surface area contributed by atoms with Crippen molar-refractivity contribution in [1.29, 1.82) is 0 Å². The summed E-state index contributed by atoms with van der Waals surface area (Å²) in [6.07, 6.45) is 13.0. The van der Waals surface area contributed by atoms with Gasteiger partial charge >= 0.3 is 0 Å². The van der Waals surface area contributed by atoms with Gasteiger partial charge in [0.1, 0.15) is 4.70 Å². The van der Waals surface area contributed by atoms with Crippen LogP contribution in [0.15, 0.2) is 24.3 Å². The monoisotopic (exact) mass is 300 g/mol. The lowest BCUT2D eigenvalue weighted by atomic mass is 10.1. The van der Waals surface area contributed by atoms with E-state index in [0.717, 1.165) is 12.5 Å². The van der Waals surface area contributed by atoms with Gasteiger partial charge in [-0.2, -0.15) is 4.57 Å². The first-order chi connectivity index (χ1) is 10.3. The van der Waals surface area contributed by atoms with E-state index >= 15 is 0 Å². The highest BCUT2D eigenvalue weighted by Gasteiger charge is 2.19. The van der Waals surface area contributed by atoms with E-state index in [9.17, 15) is 0 Å². The van der Waals surface area contributed by atoms with E-state index in [1.807, 2.05) is 11.3 Å². The zero-order valence-electron chi connectivity index (χ0n) is 13.3. The number of rotatable bonds is 5. The molecule has 0 saturated heterocycles. The standard InChI is InChI=1S/C19H26NS/c1-3-4-13-20-17-11-9-15(2)14-18(17)21-19(20)12-10-16-7-5-6-8-16/h9-12,14,16H,3-8,13H2,1-2H3/q+1. The number of aromatic nitrogens is 1. The molecule has 0 radical (unpaired) electrons. The van der Waals surface area contributed by atoms with Gasteiger partial charge in [-0.25, -0.2) is 0 Å². The molecule has 0 unspecified atom stereocenters. The van der Waals surface area contributed by atoms with Crippen molar-refractivity contribution in [1.82, 2.24) is 0 Å². The van der Waals surface area contributed by atoms with Crippen LogP contribution in [0.3, 0.4) is 0 Å². The fourth-order valence-corrected chi connectivity index (χ4v) is 4.45. The van der Waals surface area contributed by atoms with E-state index in [4.69, 9.17) is 0 Å². The van der Waals surface area contributed by atoms with Gasteiger partial charge in [0.15, 0.2) is 6.54 Å². The molecule has 2 heteroatoms. The first kappa shape index (κ1) is 14.8. The molecule has 0 aliphatic heterocycles. The number of allylic oxidation sites excluding steroid dienone is 1. The Kier molecular flexibility index (Phi) is 4.74. The molecule has 2 aromatic rings. The van der Waals surface area contributed by atoms with Gasteiger partial charge < -0.3 is 0 Å². The van der Waals surface area contributed by atoms with Crippen LogP contribution in [0.4, 0.5) is 0 Å². The summed E-state index contributed by atoms with van der Waals surface area (Å²) in [7, 11) is 0. The quantitative estimate of drug-likeness (QED) is 0.642. The zero-order valence-corrected chi connectivity index (χ0v) is 14.1. The van der Waals surface area contributed by atoms with Crippen molar-refractivity contribution in [3.63, 3.8) is 0 Å². The van der Waals surface area contributed by atoms with Crippen LogP contribution in [-0.4, -0.2) is 0 Å². The van der Waals surface area contributed by atoms with E-state index < -0.39 is 0 Å². The summed E-state index contributed by atoms with van der Waals surface area (Å²) in [6, 6.07) is 6.86.